The Morgan fingerprint density at radius 3 is 2.86 bits per heavy atom. The lowest BCUT2D eigenvalue weighted by atomic mass is 10.4. The molecule has 0 unspecified atom stereocenters. The van der Waals surface area contributed by atoms with Crippen LogP contribution in [-0.4, -0.2) is 6.54 Å². The van der Waals surface area contributed by atoms with Crippen molar-refractivity contribution in [1.82, 2.24) is 0 Å². The van der Waals surface area contributed by atoms with Crippen molar-refractivity contribution < 1.29 is 0 Å². The van der Waals surface area contributed by atoms with Crippen LogP contribution in [0.15, 0.2) is 17.5 Å². The first-order chi connectivity index (χ1) is 3.41. The fourth-order valence-corrected chi connectivity index (χ4v) is 0.223. The molecule has 0 aromatic rings. The van der Waals surface area contributed by atoms with Gasteiger partial charge in [0.2, 0.25) is 0 Å². The Labute approximate surface area is 42.2 Å². The zero-order valence-electron chi connectivity index (χ0n) is 4.00. The van der Waals surface area contributed by atoms with Crippen molar-refractivity contribution in [3.63, 3.8) is 0 Å². The number of nitroso groups, excluding NO2 is 1. The van der Waals surface area contributed by atoms with Crippen molar-refractivity contribution in [3.05, 3.63) is 17.2 Å². The van der Waals surface area contributed by atoms with Gasteiger partial charge in [-0.05, 0) is 12.6 Å². The van der Waals surface area contributed by atoms with E-state index in [1.54, 1.807) is 6.08 Å². The van der Waals surface area contributed by atoms with E-state index in [0.29, 0.717) is 13.0 Å². The van der Waals surface area contributed by atoms with Gasteiger partial charge in [-0.1, -0.05) is 11.3 Å². The van der Waals surface area contributed by atoms with Crippen molar-refractivity contribution in [2.75, 3.05) is 6.54 Å². The fourth-order valence-electron chi connectivity index (χ4n) is 0.223. The number of rotatable bonds is 3. The normalized spacial score (nSPS) is 9.71. The number of hydrogen-bond acceptors (Lipinski definition) is 3. The van der Waals surface area contributed by atoms with Gasteiger partial charge in [-0.3, -0.25) is 0 Å². The van der Waals surface area contributed by atoms with E-state index in [1.165, 1.54) is 6.20 Å². The van der Waals surface area contributed by atoms with E-state index >= 15 is 0 Å². The van der Waals surface area contributed by atoms with Crippen LogP contribution in [0.25, 0.3) is 0 Å². The van der Waals surface area contributed by atoms with Crippen molar-refractivity contribution in [2.24, 2.45) is 10.9 Å². The van der Waals surface area contributed by atoms with Crippen molar-refractivity contribution in [2.45, 2.75) is 6.42 Å². The van der Waals surface area contributed by atoms with Gasteiger partial charge >= 0.3 is 0 Å². The molecule has 0 aromatic heterocycles. The minimum Gasteiger partial charge on any atom is -0.405 e. The van der Waals surface area contributed by atoms with Crippen LogP contribution in [0.2, 0.25) is 0 Å². The summed E-state index contributed by atoms with van der Waals surface area (Å²) in [4.78, 5) is 9.35. The number of nitrogens with two attached hydrogens (primary N) is 1. The SMILES string of the molecule is N/C=C/CCN=O. The Kier molecular flexibility index (Phi) is 4.51. The van der Waals surface area contributed by atoms with Crippen LogP contribution in [-0.2, 0) is 0 Å². The summed E-state index contributed by atoms with van der Waals surface area (Å²) < 4.78 is 0. The summed E-state index contributed by atoms with van der Waals surface area (Å²) >= 11 is 0. The number of nitrogens with zero attached hydrogens (tertiary/aromatic N) is 1. The molecule has 3 heteroatoms. The van der Waals surface area contributed by atoms with Gasteiger partial charge in [-0.25, -0.2) is 0 Å². The molecule has 0 spiro atoms. The summed E-state index contributed by atoms with van der Waals surface area (Å²) in [6, 6.07) is 0. The van der Waals surface area contributed by atoms with Gasteiger partial charge < -0.3 is 5.73 Å². The molecule has 0 atom stereocenters. The molecule has 0 fully saturated rings. The van der Waals surface area contributed by atoms with E-state index in [9.17, 15) is 4.91 Å². The largest absolute Gasteiger partial charge is 0.405 e. The first kappa shape index (κ1) is 6.14. The molecule has 0 saturated carbocycles. The monoisotopic (exact) mass is 100 g/mol. The maximum atomic E-state index is 9.35. The molecule has 7 heavy (non-hydrogen) atoms. The molecule has 0 saturated heterocycles. The van der Waals surface area contributed by atoms with Crippen LogP contribution in [0.3, 0.4) is 0 Å². The van der Waals surface area contributed by atoms with Crippen LogP contribution in [0.5, 0.6) is 0 Å². The van der Waals surface area contributed by atoms with Gasteiger partial charge in [0, 0.05) is 0 Å². The van der Waals surface area contributed by atoms with Gasteiger partial charge in [0.25, 0.3) is 0 Å². The molecular weight excluding hydrogens is 92.1 g/mol. The Bertz CT molecular complexity index is 70.1. The highest BCUT2D eigenvalue weighted by Gasteiger charge is 1.73. The Morgan fingerprint density at radius 2 is 2.43 bits per heavy atom. The second-order valence-electron chi connectivity index (χ2n) is 1.07. The minimum atomic E-state index is 0.327. The zero-order valence-corrected chi connectivity index (χ0v) is 4.00. The minimum absolute atomic E-state index is 0.327. The average Bonchev–Trinajstić information content (AvgIpc) is 1.69. The molecule has 0 heterocycles. The predicted molar refractivity (Wildman–Crippen MR) is 28.6 cm³/mol. The molecule has 40 valence electrons. The zero-order chi connectivity index (χ0) is 5.54. The van der Waals surface area contributed by atoms with Crippen LogP contribution < -0.4 is 5.73 Å². The Hall–Kier alpha value is -0.860. The third-order valence-corrected chi connectivity index (χ3v) is 0.523. The summed E-state index contributed by atoms with van der Waals surface area (Å²) in [7, 11) is 0. The lowest BCUT2D eigenvalue weighted by molar-refractivity contribution is 0.994. The highest BCUT2D eigenvalue weighted by atomic mass is 16.3. The lowest BCUT2D eigenvalue weighted by Gasteiger charge is -1.75. The smallest absolute Gasteiger partial charge is 0.0846 e. The molecule has 0 bridgehead atoms. The first-order valence-corrected chi connectivity index (χ1v) is 2.07. The summed E-state index contributed by atoms with van der Waals surface area (Å²) in [6.45, 7) is 0.327. The Balaban J connectivity index is 2.82. The van der Waals surface area contributed by atoms with Crippen LogP contribution in [0.4, 0.5) is 0 Å². The predicted octanol–water partition coefficient (Wildman–Crippen LogP) is 0.615. The van der Waals surface area contributed by atoms with Gasteiger partial charge in [-0.2, -0.15) is 4.91 Å². The van der Waals surface area contributed by atoms with Crippen LogP contribution >= 0.6 is 0 Å². The van der Waals surface area contributed by atoms with E-state index < -0.39 is 0 Å². The molecule has 0 amide bonds. The molecular formula is C4H8N2O. The van der Waals surface area contributed by atoms with Crippen LogP contribution in [0, 0.1) is 4.91 Å². The third kappa shape index (κ3) is 5.14. The molecule has 0 aliphatic carbocycles. The molecule has 0 aromatic carbocycles. The van der Waals surface area contributed by atoms with Gasteiger partial charge in [0.1, 0.15) is 0 Å². The number of hydrogen-bond donors (Lipinski definition) is 1. The van der Waals surface area contributed by atoms with Crippen molar-refractivity contribution >= 4 is 0 Å². The molecule has 0 rings (SSSR count). The lowest BCUT2D eigenvalue weighted by Crippen LogP contribution is -1.78. The summed E-state index contributed by atoms with van der Waals surface area (Å²) in [5.74, 6) is 0. The van der Waals surface area contributed by atoms with E-state index in [1.807, 2.05) is 0 Å². The van der Waals surface area contributed by atoms with E-state index in [-0.39, 0.29) is 0 Å². The van der Waals surface area contributed by atoms with Gasteiger partial charge in [0.05, 0.1) is 6.54 Å². The highest BCUT2D eigenvalue weighted by Crippen LogP contribution is 1.78. The quantitative estimate of drug-likeness (QED) is 0.417. The van der Waals surface area contributed by atoms with E-state index in [4.69, 9.17) is 5.73 Å². The third-order valence-electron chi connectivity index (χ3n) is 0.523. The van der Waals surface area contributed by atoms with Crippen LogP contribution in [0.1, 0.15) is 6.42 Å². The maximum absolute atomic E-state index is 9.35. The topological polar surface area (TPSA) is 55.4 Å². The second kappa shape index (κ2) is 5.14. The summed E-state index contributed by atoms with van der Waals surface area (Å²) in [5.41, 5.74) is 4.95. The molecule has 2 N–H and O–H groups in total. The maximum Gasteiger partial charge on any atom is 0.0846 e. The van der Waals surface area contributed by atoms with E-state index in [2.05, 4.69) is 5.18 Å². The average molecular weight is 100 g/mol. The van der Waals surface area contributed by atoms with Gasteiger partial charge in [-0.15, -0.1) is 0 Å². The molecule has 0 aliphatic rings. The summed E-state index contributed by atoms with van der Waals surface area (Å²) in [5, 5.41) is 2.62. The van der Waals surface area contributed by atoms with E-state index in [0.717, 1.165) is 0 Å². The second-order valence-corrected chi connectivity index (χ2v) is 1.07. The highest BCUT2D eigenvalue weighted by molar-refractivity contribution is 4.75. The molecule has 0 radical (unpaired) electrons. The van der Waals surface area contributed by atoms with Crippen molar-refractivity contribution in [3.8, 4) is 0 Å². The fraction of sp³-hybridized carbons (Fsp3) is 0.500. The first-order valence-electron chi connectivity index (χ1n) is 2.07. The molecule has 3 nitrogen and oxygen atoms in total. The standard InChI is InChI=1S/C4H8N2O/c5-3-1-2-4-6-7/h1,3H,2,4-5H2/b3-1+. The molecule has 0 aliphatic heterocycles. The summed E-state index contributed by atoms with van der Waals surface area (Å²) in [6.07, 6.45) is 3.76. The van der Waals surface area contributed by atoms with Gasteiger partial charge in [0.15, 0.2) is 0 Å². The van der Waals surface area contributed by atoms with Crippen molar-refractivity contribution in [1.29, 1.82) is 0 Å². The Morgan fingerprint density at radius 1 is 1.71 bits per heavy atom.